The lowest BCUT2D eigenvalue weighted by Gasteiger charge is -2.61. The third kappa shape index (κ3) is 9.40. The molecule has 17 heteroatoms. The predicted molar refractivity (Wildman–Crippen MR) is 261 cm³/mol. The number of cyclic esters (lactones) is 1. The molecule has 2 N–H and O–H groups in total. The van der Waals surface area contributed by atoms with Gasteiger partial charge < -0.3 is 33.9 Å². The van der Waals surface area contributed by atoms with Gasteiger partial charge in [0.05, 0.1) is 48.0 Å². The Bertz CT molecular complexity index is 2520. The molecule has 1 aromatic carbocycles. The summed E-state index contributed by atoms with van der Waals surface area (Å²) in [6.07, 6.45) is 5.46. The molecule has 4 fully saturated rings. The molecule has 4 atom stereocenters. The number of fused-ring (bicyclic) bond motifs is 6. The van der Waals surface area contributed by atoms with Gasteiger partial charge in [0.2, 0.25) is 5.91 Å². The van der Waals surface area contributed by atoms with Gasteiger partial charge >= 0.3 is 12.0 Å². The van der Waals surface area contributed by atoms with Crippen LogP contribution in [0.25, 0.3) is 33.4 Å². The standard InChI is InChI=1S/C51H69N9O7S/c1-9-59-41-15-14-33-22-36(41)37(45(59)35-12-10-16-52-43(35)32(4)65-8)26-50(5,6)30-67-48(63)38-13-11-17-60(55-38)47(62)39(23-42-53-40(33)27-68-42)54-46(61)44(31(2)3)56(7)49(64)58-28-51(29-58)24-34(25-51)57-18-20-66-21-19-57/h10,12,14-16,22,27,31-32,34,38-39,44,55H,9,11,13,17-21,23-26,28-30H2,1-8H3,(H,54,61)/t32-,38-,39-,44?/m0/s1. The first-order chi connectivity index (χ1) is 32.6. The highest BCUT2D eigenvalue weighted by atomic mass is 32.1. The summed E-state index contributed by atoms with van der Waals surface area (Å²) in [5.41, 5.74) is 9.57. The van der Waals surface area contributed by atoms with Crippen LogP contribution in [0.5, 0.6) is 0 Å². The number of hydrazine groups is 1. The number of ether oxygens (including phenoxy) is 3. The van der Waals surface area contributed by atoms with E-state index in [1.54, 1.807) is 25.3 Å². The molecule has 0 radical (unpaired) electrons. The molecule has 68 heavy (non-hydrogen) atoms. The van der Waals surface area contributed by atoms with E-state index < -0.39 is 35.4 Å². The largest absolute Gasteiger partial charge is 0.464 e. The van der Waals surface area contributed by atoms with Gasteiger partial charge in [-0.2, -0.15) is 0 Å². The molecule has 1 spiro atoms. The lowest BCUT2D eigenvalue weighted by atomic mass is 9.60. The van der Waals surface area contributed by atoms with Crippen LogP contribution in [0, 0.1) is 16.7 Å². The topological polar surface area (TPSA) is 164 Å². The van der Waals surface area contributed by atoms with Crippen molar-refractivity contribution in [2.24, 2.45) is 16.7 Å². The van der Waals surface area contributed by atoms with Crippen LogP contribution in [0.2, 0.25) is 0 Å². The predicted octanol–water partition coefficient (Wildman–Crippen LogP) is 6.08. The van der Waals surface area contributed by atoms with Gasteiger partial charge in [-0.15, -0.1) is 11.3 Å². The number of hydrogen-bond acceptors (Lipinski definition) is 12. The van der Waals surface area contributed by atoms with Crippen molar-refractivity contribution in [3.63, 3.8) is 0 Å². The summed E-state index contributed by atoms with van der Waals surface area (Å²) < 4.78 is 19.8. The lowest BCUT2D eigenvalue weighted by molar-refractivity contribution is -0.155. The van der Waals surface area contributed by atoms with Gasteiger partial charge in [-0.05, 0) is 81.7 Å². The fourth-order valence-corrected chi connectivity index (χ4v) is 12.2. The Kier molecular flexibility index (Phi) is 13.8. The SMILES string of the molecule is CCn1c(-c2cccnc2[C@H](C)OC)c2c3cc(ccc31)-c1csc(n1)C[C@H](NC(=O)C(C(C)C)N(C)C(=O)N1CC3(CC(N4CCOCC4)C3)C1)C(=O)N1CCC[C@H](N1)C(=O)OCC(C)(C)C2. The molecular formula is C51H69N9O7S. The van der Waals surface area contributed by atoms with Gasteiger partial charge in [0.25, 0.3) is 5.91 Å². The zero-order valence-corrected chi connectivity index (χ0v) is 41.8. The van der Waals surface area contributed by atoms with Crippen molar-refractivity contribution in [3.8, 4) is 22.5 Å². The second kappa shape index (κ2) is 19.5. The Morgan fingerprint density at radius 1 is 1.09 bits per heavy atom. The molecule has 7 heterocycles. The van der Waals surface area contributed by atoms with E-state index >= 15 is 0 Å². The summed E-state index contributed by atoms with van der Waals surface area (Å²) in [5, 5.41) is 8.28. The maximum Gasteiger partial charge on any atom is 0.324 e. The molecule has 9 rings (SSSR count). The van der Waals surface area contributed by atoms with Crippen LogP contribution >= 0.6 is 11.3 Å². The molecule has 366 valence electrons. The first-order valence-corrected chi connectivity index (χ1v) is 25.4. The minimum absolute atomic E-state index is 0.115. The van der Waals surface area contributed by atoms with Crippen LogP contribution < -0.4 is 10.7 Å². The molecule has 1 saturated carbocycles. The molecule has 4 aliphatic heterocycles. The van der Waals surface area contributed by atoms with Gasteiger partial charge in [-0.25, -0.2) is 15.2 Å². The van der Waals surface area contributed by atoms with Crippen molar-refractivity contribution in [2.45, 2.75) is 117 Å². The summed E-state index contributed by atoms with van der Waals surface area (Å²) in [6, 6.07) is 8.21. The van der Waals surface area contributed by atoms with Gasteiger partial charge in [-0.1, -0.05) is 33.8 Å². The molecule has 1 unspecified atom stereocenters. The van der Waals surface area contributed by atoms with Crippen molar-refractivity contribution in [1.29, 1.82) is 0 Å². The Morgan fingerprint density at radius 2 is 1.85 bits per heavy atom. The number of nitrogens with one attached hydrogen (secondary N) is 2. The van der Waals surface area contributed by atoms with Crippen molar-refractivity contribution in [2.75, 3.05) is 66.7 Å². The van der Waals surface area contributed by atoms with Crippen LogP contribution in [-0.2, 0) is 48.0 Å². The number of rotatable bonds is 9. The molecule has 16 nitrogen and oxygen atoms in total. The third-order valence-corrected chi connectivity index (χ3v) is 15.9. The number of morpholine rings is 1. The number of pyridine rings is 1. The minimum Gasteiger partial charge on any atom is -0.464 e. The lowest BCUT2D eigenvalue weighted by Crippen LogP contribution is -2.70. The zero-order chi connectivity index (χ0) is 48.1. The number of thiazole rings is 1. The summed E-state index contributed by atoms with van der Waals surface area (Å²) >= 11 is 1.44. The highest BCUT2D eigenvalue weighted by Crippen LogP contribution is 2.51. The van der Waals surface area contributed by atoms with E-state index in [4.69, 9.17) is 24.2 Å². The number of methoxy groups -OCH3 is 1. The number of carbonyl (C=O) groups is 4. The van der Waals surface area contributed by atoms with E-state index in [0.29, 0.717) is 56.5 Å². The average Bonchev–Trinajstić information content (AvgIpc) is 3.90. The molecular weight excluding hydrogens is 883 g/mol. The van der Waals surface area contributed by atoms with Gasteiger partial charge in [-0.3, -0.25) is 29.3 Å². The van der Waals surface area contributed by atoms with Crippen LogP contribution in [0.15, 0.2) is 41.9 Å². The number of aryl methyl sites for hydroxylation is 1. The fourth-order valence-electron chi connectivity index (χ4n) is 11.4. The number of benzene rings is 1. The highest BCUT2D eigenvalue weighted by Gasteiger charge is 2.56. The van der Waals surface area contributed by atoms with Crippen molar-refractivity contribution >= 4 is 46.1 Å². The number of aromatic nitrogens is 3. The third-order valence-electron chi connectivity index (χ3n) is 15.0. The first-order valence-electron chi connectivity index (χ1n) is 24.6. The van der Waals surface area contributed by atoms with Crippen LogP contribution in [0.1, 0.15) is 89.6 Å². The van der Waals surface area contributed by atoms with Crippen LogP contribution in [-0.4, -0.2) is 149 Å². The monoisotopic (exact) mass is 952 g/mol. The summed E-state index contributed by atoms with van der Waals surface area (Å²) in [7, 11) is 3.38. The molecule has 3 saturated heterocycles. The fraction of sp³-hybridized carbons (Fsp3) is 0.608. The first kappa shape index (κ1) is 48.1. The van der Waals surface area contributed by atoms with Crippen LogP contribution in [0.4, 0.5) is 4.79 Å². The second-order valence-corrected chi connectivity index (χ2v) is 21.9. The Hall–Kier alpha value is -4.94. The van der Waals surface area contributed by atoms with Crippen LogP contribution in [0.3, 0.4) is 0 Å². The second-order valence-electron chi connectivity index (χ2n) is 20.9. The van der Waals surface area contributed by atoms with Gasteiger partial charge in [0.1, 0.15) is 18.1 Å². The number of likely N-dealkylation sites (tertiary alicyclic amines) is 1. The Morgan fingerprint density at radius 3 is 2.57 bits per heavy atom. The maximum absolute atomic E-state index is 14.7. The number of hydrogen-bond donors (Lipinski definition) is 2. The zero-order valence-electron chi connectivity index (χ0n) is 41.0. The molecule has 6 bridgehead atoms. The number of amides is 4. The molecule has 1 aliphatic carbocycles. The van der Waals surface area contributed by atoms with Gasteiger partial charge in [0, 0.05) is 110 Å². The van der Waals surface area contributed by atoms with E-state index in [1.807, 2.05) is 37.1 Å². The molecule has 3 aromatic heterocycles. The van der Waals surface area contributed by atoms with Gasteiger partial charge in [0.15, 0.2) is 0 Å². The number of carbonyl (C=O) groups excluding carboxylic acids is 4. The van der Waals surface area contributed by atoms with E-state index in [2.05, 4.69) is 65.2 Å². The number of urea groups is 1. The quantitative estimate of drug-likeness (QED) is 0.187. The van der Waals surface area contributed by atoms with Crippen molar-refractivity contribution < 1.29 is 33.4 Å². The van der Waals surface area contributed by atoms with E-state index in [-0.39, 0.29) is 42.4 Å². The Balaban J connectivity index is 1.01. The van der Waals surface area contributed by atoms with E-state index in [9.17, 15) is 19.2 Å². The molecule has 5 aliphatic rings. The number of esters is 1. The Labute approximate surface area is 404 Å². The summed E-state index contributed by atoms with van der Waals surface area (Å²) in [6.45, 7) is 18.2. The molecule has 4 aromatic rings. The average molecular weight is 952 g/mol. The minimum atomic E-state index is -1.04. The maximum atomic E-state index is 14.7. The highest BCUT2D eigenvalue weighted by molar-refractivity contribution is 7.10. The van der Waals surface area contributed by atoms with Crippen molar-refractivity contribution in [3.05, 3.63) is 58.2 Å². The number of nitrogens with zero attached hydrogens (tertiary/aromatic N) is 7. The van der Waals surface area contributed by atoms with E-state index in [0.717, 1.165) is 83.8 Å². The normalized spacial score (nSPS) is 23.1. The van der Waals surface area contributed by atoms with Crippen molar-refractivity contribution in [1.82, 2.24) is 45.0 Å². The van der Waals surface area contributed by atoms with E-state index in [1.165, 1.54) is 16.3 Å². The number of likely N-dealkylation sites (N-methyl/N-ethyl adjacent to an activating group) is 1. The smallest absolute Gasteiger partial charge is 0.324 e. The molecule has 4 amide bonds. The summed E-state index contributed by atoms with van der Waals surface area (Å²) in [4.78, 5) is 73.1. The summed E-state index contributed by atoms with van der Waals surface area (Å²) in [5.74, 6) is -1.48.